The van der Waals surface area contributed by atoms with E-state index in [1.165, 1.54) is 5.56 Å². The van der Waals surface area contributed by atoms with E-state index < -0.39 is 0 Å². The van der Waals surface area contributed by atoms with Crippen LogP contribution in [0.2, 0.25) is 0 Å². The van der Waals surface area contributed by atoms with Gasteiger partial charge >= 0.3 is 0 Å². The van der Waals surface area contributed by atoms with Gasteiger partial charge in [0.15, 0.2) is 0 Å². The Morgan fingerprint density at radius 3 is 2.06 bits per heavy atom. The van der Waals surface area contributed by atoms with Crippen molar-refractivity contribution in [2.75, 3.05) is 13.1 Å². The van der Waals surface area contributed by atoms with Gasteiger partial charge in [-0.05, 0) is 32.0 Å². The summed E-state index contributed by atoms with van der Waals surface area (Å²) in [6, 6.07) is 10.8. The molecule has 0 fully saturated rings. The first-order chi connectivity index (χ1) is 8.10. The summed E-state index contributed by atoms with van der Waals surface area (Å²) in [6.45, 7) is 10.9. The predicted molar refractivity (Wildman–Crippen MR) is 75.0 cm³/mol. The topological polar surface area (TPSA) is 29.3 Å². The molecule has 0 radical (unpaired) electrons. The summed E-state index contributed by atoms with van der Waals surface area (Å²) in [5, 5.41) is 0. The highest BCUT2D eigenvalue weighted by Gasteiger charge is 2.34. The zero-order chi connectivity index (χ0) is 12.9. The number of likely N-dealkylation sites (N-methyl/N-ethyl adjacent to an activating group) is 1. The summed E-state index contributed by atoms with van der Waals surface area (Å²) >= 11 is 0. The van der Waals surface area contributed by atoms with Crippen molar-refractivity contribution in [3.8, 4) is 0 Å². The first-order valence-corrected chi connectivity index (χ1v) is 6.68. The van der Waals surface area contributed by atoms with Crippen molar-refractivity contribution in [3.05, 3.63) is 35.9 Å². The second kappa shape index (κ2) is 6.18. The molecule has 0 bridgehead atoms. The fraction of sp³-hybridized carbons (Fsp3) is 0.600. The molecule has 0 aliphatic carbocycles. The average Bonchev–Trinajstić information content (AvgIpc) is 2.40. The Labute approximate surface area is 106 Å². The highest BCUT2D eigenvalue weighted by molar-refractivity contribution is 5.26. The van der Waals surface area contributed by atoms with Crippen LogP contribution in [0.5, 0.6) is 0 Å². The highest BCUT2D eigenvalue weighted by atomic mass is 15.2. The first kappa shape index (κ1) is 14.2. The Morgan fingerprint density at radius 1 is 1.12 bits per heavy atom. The molecule has 0 saturated carbocycles. The molecule has 0 aliphatic heterocycles. The lowest BCUT2D eigenvalue weighted by Crippen LogP contribution is -2.54. The molecule has 1 aromatic carbocycles. The SMILES string of the molecule is CCN(CC)C(C)C(N)(CC)c1ccccc1. The van der Waals surface area contributed by atoms with E-state index in [1.54, 1.807) is 0 Å². The molecule has 0 heterocycles. The minimum absolute atomic E-state index is 0.257. The van der Waals surface area contributed by atoms with Gasteiger partial charge in [-0.2, -0.15) is 0 Å². The lowest BCUT2D eigenvalue weighted by Gasteiger charge is -2.41. The lowest BCUT2D eigenvalue weighted by atomic mass is 9.81. The van der Waals surface area contributed by atoms with Crippen LogP contribution < -0.4 is 5.73 Å². The van der Waals surface area contributed by atoms with E-state index in [0.29, 0.717) is 6.04 Å². The van der Waals surface area contributed by atoms with Gasteiger partial charge in [0.1, 0.15) is 0 Å². The van der Waals surface area contributed by atoms with Crippen LogP contribution in [-0.4, -0.2) is 24.0 Å². The molecule has 0 amide bonds. The Balaban J connectivity index is 3.03. The molecule has 96 valence electrons. The third-order valence-electron chi connectivity index (χ3n) is 4.00. The third kappa shape index (κ3) is 2.88. The molecule has 2 heteroatoms. The number of rotatable bonds is 6. The average molecular weight is 234 g/mol. The van der Waals surface area contributed by atoms with Crippen LogP contribution >= 0.6 is 0 Å². The Bertz CT molecular complexity index is 319. The van der Waals surface area contributed by atoms with Gasteiger partial charge in [-0.25, -0.2) is 0 Å². The largest absolute Gasteiger partial charge is 0.320 e. The maximum atomic E-state index is 6.67. The van der Waals surface area contributed by atoms with Gasteiger partial charge in [0.2, 0.25) is 0 Å². The van der Waals surface area contributed by atoms with Crippen molar-refractivity contribution in [3.63, 3.8) is 0 Å². The van der Waals surface area contributed by atoms with Gasteiger partial charge in [-0.1, -0.05) is 51.1 Å². The van der Waals surface area contributed by atoms with Crippen LogP contribution in [0.15, 0.2) is 30.3 Å². The zero-order valence-corrected chi connectivity index (χ0v) is 11.6. The maximum absolute atomic E-state index is 6.67. The molecular weight excluding hydrogens is 208 g/mol. The number of benzene rings is 1. The van der Waals surface area contributed by atoms with Gasteiger partial charge < -0.3 is 5.73 Å². The number of hydrogen-bond acceptors (Lipinski definition) is 2. The second-order valence-electron chi connectivity index (χ2n) is 4.66. The van der Waals surface area contributed by atoms with Crippen molar-refractivity contribution in [1.29, 1.82) is 0 Å². The van der Waals surface area contributed by atoms with E-state index in [0.717, 1.165) is 19.5 Å². The minimum atomic E-state index is -0.257. The molecule has 2 unspecified atom stereocenters. The van der Waals surface area contributed by atoms with E-state index in [2.05, 4.69) is 56.9 Å². The number of hydrogen-bond donors (Lipinski definition) is 1. The van der Waals surface area contributed by atoms with Gasteiger partial charge in [-0.3, -0.25) is 4.90 Å². The monoisotopic (exact) mass is 234 g/mol. The van der Waals surface area contributed by atoms with Crippen molar-refractivity contribution < 1.29 is 0 Å². The molecule has 0 saturated heterocycles. The normalized spacial score (nSPS) is 16.8. The summed E-state index contributed by atoms with van der Waals surface area (Å²) in [6.07, 6.45) is 0.953. The zero-order valence-electron chi connectivity index (χ0n) is 11.6. The smallest absolute Gasteiger partial charge is 0.0561 e. The van der Waals surface area contributed by atoms with E-state index in [1.807, 2.05) is 6.07 Å². The number of nitrogens with two attached hydrogens (primary N) is 1. The Morgan fingerprint density at radius 2 is 1.65 bits per heavy atom. The molecule has 1 aromatic rings. The molecule has 2 N–H and O–H groups in total. The van der Waals surface area contributed by atoms with Crippen LogP contribution in [0, 0.1) is 0 Å². The molecule has 17 heavy (non-hydrogen) atoms. The quantitative estimate of drug-likeness (QED) is 0.820. The van der Waals surface area contributed by atoms with Gasteiger partial charge in [0, 0.05) is 6.04 Å². The van der Waals surface area contributed by atoms with Gasteiger partial charge in [-0.15, -0.1) is 0 Å². The fourth-order valence-electron chi connectivity index (χ4n) is 2.59. The summed E-state index contributed by atoms with van der Waals surface area (Å²) < 4.78 is 0. The van der Waals surface area contributed by atoms with Crippen LogP contribution in [-0.2, 0) is 5.54 Å². The minimum Gasteiger partial charge on any atom is -0.320 e. The molecule has 0 aromatic heterocycles. The van der Waals surface area contributed by atoms with Crippen LogP contribution in [0.1, 0.15) is 39.7 Å². The number of nitrogens with zero attached hydrogens (tertiary/aromatic N) is 1. The summed E-state index contributed by atoms with van der Waals surface area (Å²) in [4.78, 5) is 2.43. The van der Waals surface area contributed by atoms with Crippen LogP contribution in [0.3, 0.4) is 0 Å². The maximum Gasteiger partial charge on any atom is 0.0561 e. The summed E-state index contributed by atoms with van der Waals surface area (Å²) in [5.74, 6) is 0. The van der Waals surface area contributed by atoms with Crippen LogP contribution in [0.25, 0.3) is 0 Å². The van der Waals surface area contributed by atoms with E-state index >= 15 is 0 Å². The van der Waals surface area contributed by atoms with Crippen molar-refractivity contribution >= 4 is 0 Å². The van der Waals surface area contributed by atoms with Gasteiger partial charge in [0.25, 0.3) is 0 Å². The Hall–Kier alpha value is -0.860. The fourth-order valence-corrected chi connectivity index (χ4v) is 2.59. The van der Waals surface area contributed by atoms with Crippen molar-refractivity contribution in [2.45, 2.75) is 45.7 Å². The molecule has 2 nitrogen and oxygen atoms in total. The standard InChI is InChI=1S/C15H26N2/c1-5-15(16,13(4)17(6-2)7-3)14-11-9-8-10-12-14/h8-13H,5-7,16H2,1-4H3. The predicted octanol–water partition coefficient (Wildman–Crippen LogP) is 2.98. The van der Waals surface area contributed by atoms with E-state index in [-0.39, 0.29) is 5.54 Å². The molecule has 1 rings (SSSR count). The van der Waals surface area contributed by atoms with E-state index in [9.17, 15) is 0 Å². The van der Waals surface area contributed by atoms with Crippen molar-refractivity contribution in [1.82, 2.24) is 4.90 Å². The summed E-state index contributed by atoms with van der Waals surface area (Å²) in [5.41, 5.74) is 7.65. The summed E-state index contributed by atoms with van der Waals surface area (Å²) in [7, 11) is 0. The highest BCUT2D eigenvalue weighted by Crippen LogP contribution is 2.28. The van der Waals surface area contributed by atoms with Crippen LogP contribution in [0.4, 0.5) is 0 Å². The van der Waals surface area contributed by atoms with Crippen molar-refractivity contribution in [2.24, 2.45) is 5.73 Å². The lowest BCUT2D eigenvalue weighted by molar-refractivity contribution is 0.140. The van der Waals surface area contributed by atoms with E-state index in [4.69, 9.17) is 5.73 Å². The molecule has 2 atom stereocenters. The Kier molecular flexibility index (Phi) is 5.16. The molecular formula is C15H26N2. The first-order valence-electron chi connectivity index (χ1n) is 6.68. The molecule has 0 spiro atoms. The second-order valence-corrected chi connectivity index (χ2v) is 4.66. The molecule has 0 aliphatic rings. The van der Waals surface area contributed by atoms with Gasteiger partial charge in [0.05, 0.1) is 5.54 Å². The third-order valence-corrected chi connectivity index (χ3v) is 4.00.